The normalized spacial score (nSPS) is 16.6. The van der Waals surface area contributed by atoms with Crippen LogP contribution in [0.3, 0.4) is 0 Å². The first-order valence-corrected chi connectivity index (χ1v) is 7.63. The lowest BCUT2D eigenvalue weighted by Gasteiger charge is -2.29. The molecule has 0 spiro atoms. The summed E-state index contributed by atoms with van der Waals surface area (Å²) in [5.41, 5.74) is 2.79. The second-order valence-corrected chi connectivity index (χ2v) is 6.15. The van der Waals surface area contributed by atoms with Gasteiger partial charge in [-0.3, -0.25) is 0 Å². The molecule has 0 atom stereocenters. The highest BCUT2D eigenvalue weighted by Gasteiger charge is 2.21. The molecule has 110 valence electrons. The molecule has 3 nitrogen and oxygen atoms in total. The molecule has 1 aliphatic rings. The summed E-state index contributed by atoms with van der Waals surface area (Å²) < 4.78 is 0. The molecule has 0 bridgehead atoms. The van der Waals surface area contributed by atoms with Crippen LogP contribution < -0.4 is 0 Å². The molecule has 20 heavy (non-hydrogen) atoms. The molecule has 0 unspecified atom stereocenters. The maximum absolute atomic E-state index is 10.9. The monoisotopic (exact) mass is 275 g/mol. The van der Waals surface area contributed by atoms with Crippen LogP contribution in [0.25, 0.3) is 0 Å². The average Bonchev–Trinajstić information content (AvgIpc) is 2.46. The van der Waals surface area contributed by atoms with Crippen LogP contribution in [0, 0.1) is 5.92 Å². The first kappa shape index (κ1) is 14.9. The number of amides is 1. The van der Waals surface area contributed by atoms with E-state index in [1.807, 2.05) is 0 Å². The highest BCUT2D eigenvalue weighted by molar-refractivity contribution is 5.64. The molecular formula is C17H25NO2. The maximum atomic E-state index is 10.9. The van der Waals surface area contributed by atoms with Crippen molar-refractivity contribution < 1.29 is 9.90 Å². The summed E-state index contributed by atoms with van der Waals surface area (Å²) in [4.78, 5) is 12.4. The minimum atomic E-state index is -0.771. The van der Waals surface area contributed by atoms with Gasteiger partial charge in [-0.2, -0.15) is 0 Å². The number of aryl methyl sites for hydroxylation is 1. The smallest absolute Gasteiger partial charge is 0.407 e. The van der Waals surface area contributed by atoms with Gasteiger partial charge in [-0.1, -0.05) is 38.1 Å². The summed E-state index contributed by atoms with van der Waals surface area (Å²) in [6.07, 6.45) is 3.53. The first-order valence-electron chi connectivity index (χ1n) is 7.63. The zero-order valence-electron chi connectivity index (χ0n) is 12.5. The topological polar surface area (TPSA) is 40.5 Å². The van der Waals surface area contributed by atoms with Crippen molar-refractivity contribution in [3.8, 4) is 0 Å². The fourth-order valence-electron chi connectivity index (χ4n) is 2.85. The number of hydrogen-bond acceptors (Lipinski definition) is 1. The standard InChI is InChI=1S/C17H25NO2/c1-13(2)16-7-5-14(6-8-16)3-4-15-9-11-18(12-10-15)17(19)20/h5-8,13,15H,3-4,9-12H2,1-2H3,(H,19,20). The van der Waals surface area contributed by atoms with Gasteiger partial charge in [0.05, 0.1) is 0 Å². The second kappa shape index (κ2) is 6.78. The molecule has 0 aromatic heterocycles. The largest absolute Gasteiger partial charge is 0.465 e. The third-order valence-corrected chi connectivity index (χ3v) is 4.37. The van der Waals surface area contributed by atoms with Crippen LogP contribution in [0.5, 0.6) is 0 Å². The van der Waals surface area contributed by atoms with E-state index in [4.69, 9.17) is 5.11 Å². The van der Waals surface area contributed by atoms with Crippen LogP contribution in [0.15, 0.2) is 24.3 Å². The lowest BCUT2D eigenvalue weighted by molar-refractivity contribution is 0.123. The predicted molar refractivity (Wildman–Crippen MR) is 81.2 cm³/mol. The van der Waals surface area contributed by atoms with E-state index in [-0.39, 0.29) is 0 Å². The third kappa shape index (κ3) is 3.99. The summed E-state index contributed by atoms with van der Waals surface area (Å²) in [7, 11) is 0. The summed E-state index contributed by atoms with van der Waals surface area (Å²) in [5.74, 6) is 1.26. The third-order valence-electron chi connectivity index (χ3n) is 4.37. The minimum Gasteiger partial charge on any atom is -0.465 e. The molecule has 1 amide bonds. The van der Waals surface area contributed by atoms with E-state index >= 15 is 0 Å². The number of carbonyl (C=O) groups is 1. The van der Waals surface area contributed by atoms with Crippen molar-refractivity contribution in [3.63, 3.8) is 0 Å². The van der Waals surface area contributed by atoms with E-state index < -0.39 is 6.09 Å². The van der Waals surface area contributed by atoms with Gasteiger partial charge in [0.25, 0.3) is 0 Å². The highest BCUT2D eigenvalue weighted by Crippen LogP contribution is 2.23. The van der Waals surface area contributed by atoms with Gasteiger partial charge < -0.3 is 10.0 Å². The van der Waals surface area contributed by atoms with Gasteiger partial charge in [-0.25, -0.2) is 4.79 Å². The number of benzene rings is 1. The minimum absolute atomic E-state index is 0.587. The molecule has 3 heteroatoms. The molecule has 1 fully saturated rings. The van der Waals surface area contributed by atoms with Crippen LogP contribution in [-0.2, 0) is 6.42 Å². The van der Waals surface area contributed by atoms with Crippen LogP contribution in [0.2, 0.25) is 0 Å². The van der Waals surface area contributed by atoms with Gasteiger partial charge in [0.15, 0.2) is 0 Å². The Bertz CT molecular complexity index is 431. The van der Waals surface area contributed by atoms with E-state index in [1.54, 1.807) is 0 Å². The average molecular weight is 275 g/mol. The van der Waals surface area contributed by atoms with E-state index in [2.05, 4.69) is 38.1 Å². The summed E-state index contributed by atoms with van der Waals surface area (Å²) in [5, 5.41) is 8.93. The number of likely N-dealkylation sites (tertiary alicyclic amines) is 1. The molecule has 1 aromatic rings. The number of piperidine rings is 1. The Morgan fingerprint density at radius 2 is 1.85 bits per heavy atom. The molecule has 1 saturated heterocycles. The fraction of sp³-hybridized carbons (Fsp3) is 0.588. The van der Waals surface area contributed by atoms with E-state index in [1.165, 1.54) is 22.4 Å². The predicted octanol–water partition coefficient (Wildman–Crippen LogP) is 4.13. The SMILES string of the molecule is CC(C)c1ccc(CCC2CCN(C(=O)O)CC2)cc1. The molecule has 1 heterocycles. The second-order valence-electron chi connectivity index (χ2n) is 6.15. The Morgan fingerprint density at radius 1 is 1.25 bits per heavy atom. The Balaban J connectivity index is 1.77. The summed E-state index contributed by atoms with van der Waals surface area (Å²) >= 11 is 0. The van der Waals surface area contributed by atoms with Gasteiger partial charge in [-0.15, -0.1) is 0 Å². The molecular weight excluding hydrogens is 250 g/mol. The van der Waals surface area contributed by atoms with Crippen LogP contribution in [-0.4, -0.2) is 29.2 Å². The Kier molecular flexibility index (Phi) is 5.05. The van der Waals surface area contributed by atoms with Gasteiger partial charge in [-0.05, 0) is 48.6 Å². The fourth-order valence-corrected chi connectivity index (χ4v) is 2.85. The lowest BCUT2D eigenvalue weighted by Crippen LogP contribution is -2.37. The molecule has 0 saturated carbocycles. The van der Waals surface area contributed by atoms with Crippen molar-refractivity contribution in [2.24, 2.45) is 5.92 Å². The van der Waals surface area contributed by atoms with E-state index in [0.717, 1.165) is 19.3 Å². The summed E-state index contributed by atoms with van der Waals surface area (Å²) in [6, 6.07) is 8.93. The number of carboxylic acid groups (broad SMARTS) is 1. The molecule has 2 rings (SSSR count). The van der Waals surface area contributed by atoms with Gasteiger partial charge in [0.2, 0.25) is 0 Å². The maximum Gasteiger partial charge on any atom is 0.407 e. The van der Waals surface area contributed by atoms with Gasteiger partial charge >= 0.3 is 6.09 Å². The quantitative estimate of drug-likeness (QED) is 0.897. The first-order chi connectivity index (χ1) is 9.56. The van der Waals surface area contributed by atoms with Crippen molar-refractivity contribution >= 4 is 6.09 Å². The number of nitrogens with zero attached hydrogens (tertiary/aromatic N) is 1. The van der Waals surface area contributed by atoms with Gasteiger partial charge in [0.1, 0.15) is 0 Å². The molecule has 0 aliphatic carbocycles. The van der Waals surface area contributed by atoms with E-state index in [0.29, 0.717) is 24.9 Å². The number of hydrogen-bond donors (Lipinski definition) is 1. The lowest BCUT2D eigenvalue weighted by atomic mass is 9.90. The molecule has 1 aromatic carbocycles. The molecule has 1 aliphatic heterocycles. The Hall–Kier alpha value is -1.51. The molecule has 1 N–H and O–H groups in total. The summed E-state index contributed by atoms with van der Waals surface area (Å²) in [6.45, 7) is 5.83. The number of rotatable bonds is 4. The highest BCUT2D eigenvalue weighted by atomic mass is 16.4. The van der Waals surface area contributed by atoms with Crippen molar-refractivity contribution in [1.82, 2.24) is 4.90 Å². The van der Waals surface area contributed by atoms with Crippen molar-refractivity contribution in [1.29, 1.82) is 0 Å². The van der Waals surface area contributed by atoms with Crippen LogP contribution in [0.4, 0.5) is 4.79 Å². The van der Waals surface area contributed by atoms with Crippen molar-refractivity contribution in [2.75, 3.05) is 13.1 Å². The van der Waals surface area contributed by atoms with Crippen molar-refractivity contribution in [3.05, 3.63) is 35.4 Å². The Morgan fingerprint density at radius 3 is 2.35 bits per heavy atom. The van der Waals surface area contributed by atoms with Crippen molar-refractivity contribution in [2.45, 2.75) is 45.4 Å². The van der Waals surface area contributed by atoms with Crippen LogP contribution >= 0.6 is 0 Å². The zero-order chi connectivity index (χ0) is 14.5. The van der Waals surface area contributed by atoms with Gasteiger partial charge in [0, 0.05) is 13.1 Å². The van der Waals surface area contributed by atoms with Crippen LogP contribution in [0.1, 0.15) is 50.2 Å². The van der Waals surface area contributed by atoms with E-state index in [9.17, 15) is 4.79 Å². The zero-order valence-corrected chi connectivity index (χ0v) is 12.5. The Labute approximate surface area is 121 Å². The molecule has 0 radical (unpaired) electrons.